The van der Waals surface area contributed by atoms with Crippen LogP contribution in [-0.2, 0) is 11.3 Å². The SMILES string of the molecule is Cc1ccccc1SCC(=O)NCCN1CCN(Cc2ccccc2)CC1. The van der Waals surface area contributed by atoms with E-state index < -0.39 is 0 Å². The Labute approximate surface area is 166 Å². The van der Waals surface area contributed by atoms with Crippen molar-refractivity contribution in [2.24, 2.45) is 0 Å². The predicted molar refractivity (Wildman–Crippen MR) is 113 cm³/mol. The highest BCUT2D eigenvalue weighted by molar-refractivity contribution is 8.00. The Kier molecular flexibility index (Phi) is 7.75. The Morgan fingerprint density at radius 3 is 2.37 bits per heavy atom. The summed E-state index contributed by atoms with van der Waals surface area (Å²) < 4.78 is 0. The molecule has 0 aliphatic carbocycles. The van der Waals surface area contributed by atoms with Gasteiger partial charge < -0.3 is 5.32 Å². The van der Waals surface area contributed by atoms with E-state index in [1.165, 1.54) is 16.0 Å². The molecule has 1 saturated heterocycles. The highest BCUT2D eigenvalue weighted by atomic mass is 32.2. The summed E-state index contributed by atoms with van der Waals surface area (Å²) in [7, 11) is 0. The summed E-state index contributed by atoms with van der Waals surface area (Å²) in [6, 6.07) is 18.9. The van der Waals surface area contributed by atoms with E-state index >= 15 is 0 Å². The summed E-state index contributed by atoms with van der Waals surface area (Å²) >= 11 is 1.61. The molecular weight excluding hydrogens is 354 g/mol. The third-order valence-electron chi connectivity index (χ3n) is 4.92. The molecule has 2 aromatic rings. The summed E-state index contributed by atoms with van der Waals surface area (Å²) in [4.78, 5) is 18.2. The van der Waals surface area contributed by atoms with Crippen molar-refractivity contribution in [3.8, 4) is 0 Å². The van der Waals surface area contributed by atoms with Crippen molar-refractivity contribution >= 4 is 17.7 Å². The molecule has 0 aromatic heterocycles. The molecule has 1 heterocycles. The van der Waals surface area contributed by atoms with E-state index in [9.17, 15) is 4.79 Å². The zero-order valence-electron chi connectivity index (χ0n) is 16.1. The minimum Gasteiger partial charge on any atom is -0.354 e. The second-order valence-electron chi connectivity index (χ2n) is 7.01. The largest absolute Gasteiger partial charge is 0.354 e. The van der Waals surface area contributed by atoms with Gasteiger partial charge in [-0.15, -0.1) is 11.8 Å². The van der Waals surface area contributed by atoms with Crippen LogP contribution >= 0.6 is 11.8 Å². The Bertz CT molecular complexity index is 715. The first-order valence-corrected chi connectivity index (χ1v) is 10.6. The molecule has 144 valence electrons. The quantitative estimate of drug-likeness (QED) is 0.711. The molecule has 0 atom stereocenters. The van der Waals surface area contributed by atoms with Gasteiger partial charge in [-0.2, -0.15) is 0 Å². The molecule has 1 N–H and O–H groups in total. The minimum atomic E-state index is 0.117. The molecule has 2 aromatic carbocycles. The van der Waals surface area contributed by atoms with Crippen molar-refractivity contribution in [1.82, 2.24) is 15.1 Å². The molecule has 5 heteroatoms. The second kappa shape index (κ2) is 10.5. The maximum absolute atomic E-state index is 12.1. The summed E-state index contributed by atoms with van der Waals surface area (Å²) in [5, 5.41) is 3.06. The predicted octanol–water partition coefficient (Wildman–Crippen LogP) is 3.02. The number of hydrogen-bond donors (Lipinski definition) is 1. The maximum Gasteiger partial charge on any atom is 0.230 e. The van der Waals surface area contributed by atoms with Gasteiger partial charge >= 0.3 is 0 Å². The number of piperazine rings is 1. The van der Waals surface area contributed by atoms with Crippen LogP contribution in [0.4, 0.5) is 0 Å². The fourth-order valence-corrected chi connectivity index (χ4v) is 4.14. The van der Waals surface area contributed by atoms with Gasteiger partial charge in [0.2, 0.25) is 5.91 Å². The summed E-state index contributed by atoms with van der Waals surface area (Å²) in [5.74, 6) is 0.598. The molecule has 1 aliphatic heterocycles. The van der Waals surface area contributed by atoms with Crippen LogP contribution in [0.1, 0.15) is 11.1 Å². The van der Waals surface area contributed by atoms with Crippen molar-refractivity contribution in [3.05, 3.63) is 65.7 Å². The summed E-state index contributed by atoms with van der Waals surface area (Å²) in [6.45, 7) is 9.09. The summed E-state index contributed by atoms with van der Waals surface area (Å²) in [5.41, 5.74) is 2.60. The average molecular weight is 384 g/mol. The Hall–Kier alpha value is -1.82. The minimum absolute atomic E-state index is 0.117. The second-order valence-corrected chi connectivity index (χ2v) is 8.02. The first-order valence-electron chi connectivity index (χ1n) is 9.64. The van der Waals surface area contributed by atoms with E-state index in [1.807, 2.05) is 12.1 Å². The van der Waals surface area contributed by atoms with Crippen LogP contribution in [0.25, 0.3) is 0 Å². The van der Waals surface area contributed by atoms with E-state index in [0.29, 0.717) is 5.75 Å². The van der Waals surface area contributed by atoms with Gasteiger partial charge in [-0.05, 0) is 24.1 Å². The monoisotopic (exact) mass is 383 g/mol. The van der Waals surface area contributed by atoms with Crippen LogP contribution in [0.3, 0.4) is 0 Å². The van der Waals surface area contributed by atoms with E-state index in [2.05, 4.69) is 64.5 Å². The number of nitrogens with zero attached hydrogens (tertiary/aromatic N) is 2. The molecule has 0 unspecified atom stereocenters. The first-order chi connectivity index (χ1) is 13.2. The Morgan fingerprint density at radius 1 is 0.963 bits per heavy atom. The van der Waals surface area contributed by atoms with E-state index in [-0.39, 0.29) is 5.91 Å². The number of carbonyl (C=O) groups is 1. The first kappa shape index (κ1) is 19.9. The van der Waals surface area contributed by atoms with Crippen molar-refractivity contribution in [1.29, 1.82) is 0 Å². The molecule has 0 saturated carbocycles. The van der Waals surface area contributed by atoms with E-state index in [4.69, 9.17) is 0 Å². The van der Waals surface area contributed by atoms with Crippen LogP contribution < -0.4 is 5.32 Å². The van der Waals surface area contributed by atoms with Crippen LogP contribution in [0.15, 0.2) is 59.5 Å². The normalized spacial score (nSPS) is 15.6. The van der Waals surface area contributed by atoms with Gasteiger partial charge in [-0.3, -0.25) is 14.6 Å². The lowest BCUT2D eigenvalue weighted by molar-refractivity contribution is -0.118. The van der Waals surface area contributed by atoms with Crippen LogP contribution in [0.2, 0.25) is 0 Å². The lowest BCUT2D eigenvalue weighted by Gasteiger charge is -2.34. The average Bonchev–Trinajstić information content (AvgIpc) is 2.69. The lowest BCUT2D eigenvalue weighted by atomic mass is 10.2. The molecule has 27 heavy (non-hydrogen) atoms. The number of thioether (sulfide) groups is 1. The molecule has 1 amide bonds. The topological polar surface area (TPSA) is 35.6 Å². The summed E-state index contributed by atoms with van der Waals surface area (Å²) in [6.07, 6.45) is 0. The molecule has 1 aliphatic rings. The van der Waals surface area contributed by atoms with Gasteiger partial charge in [0.15, 0.2) is 0 Å². The van der Waals surface area contributed by atoms with Gasteiger partial charge in [0.25, 0.3) is 0 Å². The van der Waals surface area contributed by atoms with Crippen LogP contribution in [0.5, 0.6) is 0 Å². The number of nitrogens with one attached hydrogen (secondary N) is 1. The van der Waals surface area contributed by atoms with Gasteiger partial charge in [-0.25, -0.2) is 0 Å². The zero-order valence-corrected chi connectivity index (χ0v) is 16.9. The number of amides is 1. The molecule has 1 fully saturated rings. The number of benzene rings is 2. The molecular formula is C22H29N3OS. The van der Waals surface area contributed by atoms with Crippen molar-refractivity contribution in [3.63, 3.8) is 0 Å². The van der Waals surface area contributed by atoms with Crippen LogP contribution in [-0.4, -0.2) is 60.7 Å². The van der Waals surface area contributed by atoms with E-state index in [0.717, 1.165) is 45.8 Å². The fraction of sp³-hybridized carbons (Fsp3) is 0.409. The number of aryl methyl sites for hydroxylation is 1. The van der Waals surface area contributed by atoms with Gasteiger partial charge in [-0.1, -0.05) is 48.5 Å². The third kappa shape index (κ3) is 6.69. The number of rotatable bonds is 8. The smallest absolute Gasteiger partial charge is 0.230 e. The molecule has 0 radical (unpaired) electrons. The number of carbonyl (C=O) groups excluding carboxylic acids is 1. The molecule has 0 bridgehead atoms. The highest BCUT2D eigenvalue weighted by Gasteiger charge is 2.16. The van der Waals surface area contributed by atoms with Gasteiger partial charge in [0, 0.05) is 50.7 Å². The van der Waals surface area contributed by atoms with Gasteiger partial charge in [0.1, 0.15) is 0 Å². The van der Waals surface area contributed by atoms with Gasteiger partial charge in [0.05, 0.1) is 5.75 Å². The Balaban J connectivity index is 1.29. The van der Waals surface area contributed by atoms with Crippen LogP contribution in [0, 0.1) is 6.92 Å². The Morgan fingerprint density at radius 2 is 1.63 bits per heavy atom. The standard InChI is InChI=1S/C22H29N3OS/c1-19-7-5-6-10-21(19)27-18-22(26)23-11-12-24-13-15-25(16-14-24)17-20-8-3-2-4-9-20/h2-10H,11-18H2,1H3,(H,23,26). The van der Waals surface area contributed by atoms with Crippen molar-refractivity contribution < 1.29 is 4.79 Å². The zero-order chi connectivity index (χ0) is 18.9. The number of hydrogen-bond acceptors (Lipinski definition) is 4. The molecule has 0 spiro atoms. The van der Waals surface area contributed by atoms with Crippen molar-refractivity contribution in [2.45, 2.75) is 18.4 Å². The highest BCUT2D eigenvalue weighted by Crippen LogP contribution is 2.21. The van der Waals surface area contributed by atoms with Crippen molar-refractivity contribution in [2.75, 3.05) is 45.0 Å². The third-order valence-corrected chi connectivity index (χ3v) is 6.09. The molecule has 3 rings (SSSR count). The maximum atomic E-state index is 12.1. The molecule has 4 nitrogen and oxygen atoms in total. The fourth-order valence-electron chi connectivity index (χ4n) is 3.28. The lowest BCUT2D eigenvalue weighted by Crippen LogP contribution is -2.48. The van der Waals surface area contributed by atoms with E-state index in [1.54, 1.807) is 11.8 Å².